The molecule has 1 aromatic heterocycles. The van der Waals surface area contributed by atoms with Gasteiger partial charge in [-0.1, -0.05) is 30.3 Å². The Kier molecular flexibility index (Phi) is 4.30. The van der Waals surface area contributed by atoms with Crippen LogP contribution < -0.4 is 11.1 Å². The second-order valence-corrected chi connectivity index (χ2v) is 4.27. The number of nitrogens with one attached hydrogen (secondary N) is 1. The highest BCUT2D eigenvalue weighted by Gasteiger charge is 2.19. The molecule has 3 N–H and O–H groups in total. The Bertz CT molecular complexity index is 535. The zero-order valence-electron chi connectivity index (χ0n) is 10.9. The van der Waals surface area contributed by atoms with E-state index in [-0.39, 0.29) is 18.4 Å². The average molecular weight is 258 g/mol. The second kappa shape index (κ2) is 6.15. The van der Waals surface area contributed by atoms with Crippen molar-refractivity contribution < 1.29 is 4.79 Å². The van der Waals surface area contributed by atoms with Gasteiger partial charge in [0.25, 0.3) is 0 Å². The van der Waals surface area contributed by atoms with Crippen molar-refractivity contribution in [3.8, 4) is 0 Å². The summed E-state index contributed by atoms with van der Waals surface area (Å²) in [4.78, 5) is 12.2. The highest BCUT2D eigenvalue weighted by atomic mass is 16.1. The minimum Gasteiger partial charge on any atom is -0.329 e. The van der Waals surface area contributed by atoms with Crippen molar-refractivity contribution in [3.05, 3.63) is 48.3 Å². The van der Waals surface area contributed by atoms with E-state index >= 15 is 0 Å². The predicted molar refractivity (Wildman–Crippen MR) is 74.8 cm³/mol. The number of aryl methyl sites for hydroxylation is 1. The van der Waals surface area contributed by atoms with Gasteiger partial charge in [-0.2, -0.15) is 5.10 Å². The Morgan fingerprint density at radius 1 is 1.42 bits per heavy atom. The maximum absolute atomic E-state index is 12.2. The van der Waals surface area contributed by atoms with Crippen LogP contribution in [0.25, 0.3) is 0 Å². The molecule has 0 aliphatic carbocycles. The van der Waals surface area contributed by atoms with Crippen molar-refractivity contribution in [2.75, 3.05) is 11.9 Å². The summed E-state index contributed by atoms with van der Waals surface area (Å²) in [5.74, 6) is -0.449. The molecule has 0 radical (unpaired) electrons. The van der Waals surface area contributed by atoms with Gasteiger partial charge in [-0.15, -0.1) is 0 Å². The first kappa shape index (κ1) is 13.3. The van der Waals surface area contributed by atoms with Crippen LogP contribution in [0.3, 0.4) is 0 Å². The average Bonchev–Trinajstić information content (AvgIpc) is 2.88. The summed E-state index contributed by atoms with van der Waals surface area (Å²) in [6.07, 6.45) is 3.44. The molecule has 0 bridgehead atoms. The number of hydrogen-bond acceptors (Lipinski definition) is 3. The van der Waals surface area contributed by atoms with Crippen LogP contribution in [0, 0.1) is 0 Å². The third-order valence-corrected chi connectivity index (χ3v) is 2.98. The number of anilines is 1. The van der Waals surface area contributed by atoms with Gasteiger partial charge in [-0.3, -0.25) is 9.48 Å². The molecule has 0 fully saturated rings. The van der Waals surface area contributed by atoms with Crippen LogP contribution in [0.1, 0.15) is 18.4 Å². The fourth-order valence-corrected chi connectivity index (χ4v) is 1.91. The monoisotopic (exact) mass is 258 g/mol. The lowest BCUT2D eigenvalue weighted by Gasteiger charge is -2.14. The first-order valence-corrected chi connectivity index (χ1v) is 6.33. The van der Waals surface area contributed by atoms with Gasteiger partial charge < -0.3 is 11.1 Å². The minimum atomic E-state index is -0.342. The maximum Gasteiger partial charge on any atom is 0.233 e. The molecule has 2 rings (SSSR count). The molecule has 1 amide bonds. The van der Waals surface area contributed by atoms with E-state index in [0.717, 1.165) is 12.1 Å². The van der Waals surface area contributed by atoms with E-state index in [2.05, 4.69) is 10.4 Å². The van der Waals surface area contributed by atoms with Crippen molar-refractivity contribution in [2.24, 2.45) is 5.73 Å². The lowest BCUT2D eigenvalue weighted by atomic mass is 9.98. The summed E-state index contributed by atoms with van der Waals surface area (Å²) in [5, 5.41) is 6.96. The quantitative estimate of drug-likeness (QED) is 0.855. The number of carbonyl (C=O) groups is 1. The Balaban J connectivity index is 2.09. The first-order valence-electron chi connectivity index (χ1n) is 6.33. The van der Waals surface area contributed by atoms with Crippen LogP contribution in [-0.2, 0) is 11.3 Å². The topological polar surface area (TPSA) is 72.9 Å². The van der Waals surface area contributed by atoms with E-state index in [1.165, 1.54) is 0 Å². The van der Waals surface area contributed by atoms with Gasteiger partial charge in [0, 0.05) is 19.3 Å². The molecule has 0 aliphatic heterocycles. The number of nitrogens with two attached hydrogens (primary N) is 1. The normalized spacial score (nSPS) is 12.1. The molecule has 0 saturated carbocycles. The highest BCUT2D eigenvalue weighted by molar-refractivity contribution is 5.95. The summed E-state index contributed by atoms with van der Waals surface area (Å²) >= 11 is 0. The number of rotatable bonds is 5. The molecule has 100 valence electrons. The van der Waals surface area contributed by atoms with Crippen LogP contribution in [0.15, 0.2) is 42.7 Å². The molecular formula is C14H18N4O. The molecule has 1 unspecified atom stereocenters. The fraction of sp³-hybridized carbons (Fsp3) is 0.286. The van der Waals surface area contributed by atoms with Crippen molar-refractivity contribution in [1.29, 1.82) is 0 Å². The Hall–Kier alpha value is -2.14. The summed E-state index contributed by atoms with van der Waals surface area (Å²) < 4.78 is 1.76. The summed E-state index contributed by atoms with van der Waals surface area (Å²) in [7, 11) is 0. The van der Waals surface area contributed by atoms with Crippen LogP contribution in [0.4, 0.5) is 5.69 Å². The molecule has 1 atom stereocenters. The van der Waals surface area contributed by atoms with E-state index in [4.69, 9.17) is 5.73 Å². The van der Waals surface area contributed by atoms with Gasteiger partial charge in [0.1, 0.15) is 0 Å². The predicted octanol–water partition coefficient (Wildman–Crippen LogP) is 1.58. The fourth-order valence-electron chi connectivity index (χ4n) is 1.91. The van der Waals surface area contributed by atoms with Crippen molar-refractivity contribution in [1.82, 2.24) is 9.78 Å². The van der Waals surface area contributed by atoms with Gasteiger partial charge in [-0.05, 0) is 12.5 Å². The molecule has 19 heavy (non-hydrogen) atoms. The SMILES string of the molecule is CCn1cc(NC(=O)C(CN)c2ccccc2)cn1. The standard InChI is InChI=1S/C14H18N4O/c1-2-18-10-12(9-16-18)17-14(19)13(8-15)11-6-4-3-5-7-11/h3-7,9-10,13H,2,8,15H2,1H3,(H,17,19). The van der Waals surface area contributed by atoms with Crippen molar-refractivity contribution in [3.63, 3.8) is 0 Å². The van der Waals surface area contributed by atoms with E-state index < -0.39 is 0 Å². The lowest BCUT2D eigenvalue weighted by Crippen LogP contribution is -2.27. The molecule has 0 spiro atoms. The zero-order chi connectivity index (χ0) is 13.7. The van der Waals surface area contributed by atoms with E-state index in [0.29, 0.717) is 5.69 Å². The number of carbonyl (C=O) groups excluding carboxylic acids is 1. The Labute approximate surface area is 112 Å². The van der Waals surface area contributed by atoms with Gasteiger partial charge >= 0.3 is 0 Å². The molecule has 5 nitrogen and oxygen atoms in total. The van der Waals surface area contributed by atoms with Crippen LogP contribution in [0.5, 0.6) is 0 Å². The van der Waals surface area contributed by atoms with Gasteiger partial charge in [0.05, 0.1) is 17.8 Å². The highest BCUT2D eigenvalue weighted by Crippen LogP contribution is 2.17. The molecular weight excluding hydrogens is 240 g/mol. The number of benzene rings is 1. The zero-order valence-corrected chi connectivity index (χ0v) is 10.9. The van der Waals surface area contributed by atoms with Gasteiger partial charge in [-0.25, -0.2) is 0 Å². The van der Waals surface area contributed by atoms with Crippen molar-refractivity contribution >= 4 is 11.6 Å². The number of nitrogens with zero attached hydrogens (tertiary/aromatic N) is 2. The van der Waals surface area contributed by atoms with Crippen LogP contribution in [-0.4, -0.2) is 22.2 Å². The van der Waals surface area contributed by atoms with Crippen LogP contribution in [0.2, 0.25) is 0 Å². The van der Waals surface area contributed by atoms with E-state index in [9.17, 15) is 4.79 Å². The molecule has 1 aromatic carbocycles. The van der Waals surface area contributed by atoms with Gasteiger partial charge in [0.15, 0.2) is 0 Å². The smallest absolute Gasteiger partial charge is 0.233 e. The molecule has 0 saturated heterocycles. The summed E-state index contributed by atoms with van der Waals surface area (Å²) in [5.41, 5.74) is 7.33. The molecule has 1 heterocycles. The Morgan fingerprint density at radius 3 is 2.74 bits per heavy atom. The van der Waals surface area contributed by atoms with Crippen LogP contribution >= 0.6 is 0 Å². The number of aromatic nitrogens is 2. The largest absolute Gasteiger partial charge is 0.329 e. The van der Waals surface area contributed by atoms with E-state index in [1.807, 2.05) is 37.3 Å². The maximum atomic E-state index is 12.2. The number of amides is 1. The third-order valence-electron chi connectivity index (χ3n) is 2.98. The number of hydrogen-bond donors (Lipinski definition) is 2. The molecule has 5 heteroatoms. The molecule has 2 aromatic rings. The Morgan fingerprint density at radius 2 is 2.16 bits per heavy atom. The van der Waals surface area contributed by atoms with E-state index in [1.54, 1.807) is 17.1 Å². The third kappa shape index (κ3) is 3.20. The van der Waals surface area contributed by atoms with Gasteiger partial charge in [0.2, 0.25) is 5.91 Å². The second-order valence-electron chi connectivity index (χ2n) is 4.27. The summed E-state index contributed by atoms with van der Waals surface area (Å²) in [6.45, 7) is 3.04. The minimum absolute atomic E-state index is 0.107. The summed E-state index contributed by atoms with van der Waals surface area (Å²) in [6, 6.07) is 9.54. The first-order chi connectivity index (χ1) is 9.24. The lowest BCUT2D eigenvalue weighted by molar-refractivity contribution is -0.117. The van der Waals surface area contributed by atoms with Crippen molar-refractivity contribution in [2.45, 2.75) is 19.4 Å². The molecule has 0 aliphatic rings.